The van der Waals surface area contributed by atoms with E-state index in [9.17, 15) is 14.0 Å². The van der Waals surface area contributed by atoms with Gasteiger partial charge in [-0.25, -0.2) is 4.39 Å². The summed E-state index contributed by atoms with van der Waals surface area (Å²) in [6, 6.07) is 3.56. The van der Waals surface area contributed by atoms with Gasteiger partial charge in [0.05, 0.1) is 16.1 Å². The zero-order valence-corrected chi connectivity index (χ0v) is 14.4. The summed E-state index contributed by atoms with van der Waals surface area (Å²) in [6.07, 6.45) is 4.85. The van der Waals surface area contributed by atoms with Gasteiger partial charge in [0.25, 0.3) is 11.8 Å². The maximum Gasteiger partial charge on any atom is 0.257 e. The van der Waals surface area contributed by atoms with Gasteiger partial charge in [0, 0.05) is 4.88 Å². The van der Waals surface area contributed by atoms with Crippen LogP contribution < -0.4 is 11.1 Å². The molecule has 0 bridgehead atoms. The van der Waals surface area contributed by atoms with E-state index in [1.54, 1.807) is 0 Å². The van der Waals surface area contributed by atoms with Crippen LogP contribution in [0.1, 0.15) is 50.4 Å². The van der Waals surface area contributed by atoms with Gasteiger partial charge in [-0.2, -0.15) is 0 Å². The van der Waals surface area contributed by atoms with Gasteiger partial charge in [-0.1, -0.05) is 18.0 Å². The molecular formula is C17H16ClFN2O2S. The van der Waals surface area contributed by atoms with Gasteiger partial charge < -0.3 is 11.1 Å². The Morgan fingerprint density at radius 2 is 1.96 bits per heavy atom. The van der Waals surface area contributed by atoms with Gasteiger partial charge in [0.1, 0.15) is 10.8 Å². The Hall–Kier alpha value is -1.92. The maximum absolute atomic E-state index is 13.1. The number of halogens is 2. The van der Waals surface area contributed by atoms with Crippen LogP contribution in [-0.4, -0.2) is 11.8 Å². The molecule has 0 aliphatic heterocycles. The van der Waals surface area contributed by atoms with E-state index < -0.39 is 17.6 Å². The van der Waals surface area contributed by atoms with Crippen molar-refractivity contribution in [3.05, 3.63) is 50.6 Å². The molecule has 1 heterocycles. The van der Waals surface area contributed by atoms with Crippen LogP contribution in [0.4, 0.5) is 9.39 Å². The summed E-state index contributed by atoms with van der Waals surface area (Å²) >= 11 is 7.31. The van der Waals surface area contributed by atoms with E-state index in [1.807, 2.05) is 0 Å². The average molecular weight is 367 g/mol. The molecule has 1 aromatic carbocycles. The Morgan fingerprint density at radius 3 is 2.67 bits per heavy atom. The fourth-order valence-electron chi connectivity index (χ4n) is 2.94. The summed E-state index contributed by atoms with van der Waals surface area (Å²) in [5.41, 5.74) is 7.03. The van der Waals surface area contributed by atoms with Crippen molar-refractivity contribution >= 4 is 39.8 Å². The standard InChI is InChI=1S/C17H16ClFN2O2S/c18-12-8-9(19)6-7-10(12)16(23)21-17-14(15(20)22)11-4-2-1-3-5-13(11)24-17/h6-8H,1-5H2,(H2,20,22)(H,21,23). The summed E-state index contributed by atoms with van der Waals surface area (Å²) in [5.74, 6) is -1.55. The van der Waals surface area contributed by atoms with Crippen LogP contribution in [0.15, 0.2) is 18.2 Å². The van der Waals surface area contributed by atoms with Crippen molar-refractivity contribution in [2.75, 3.05) is 5.32 Å². The van der Waals surface area contributed by atoms with Gasteiger partial charge in [-0.3, -0.25) is 9.59 Å². The predicted molar refractivity (Wildman–Crippen MR) is 93.5 cm³/mol. The number of carbonyl (C=O) groups is 2. The third kappa shape index (κ3) is 3.30. The van der Waals surface area contributed by atoms with Crippen molar-refractivity contribution in [2.24, 2.45) is 5.73 Å². The first-order chi connectivity index (χ1) is 11.5. The topological polar surface area (TPSA) is 72.2 Å². The number of fused-ring (bicyclic) bond motifs is 1. The summed E-state index contributed by atoms with van der Waals surface area (Å²) in [7, 11) is 0. The lowest BCUT2D eigenvalue weighted by Gasteiger charge is -2.07. The van der Waals surface area contributed by atoms with Gasteiger partial charge in [0.2, 0.25) is 0 Å². The number of thiophene rings is 1. The number of benzene rings is 1. The third-order valence-corrected chi connectivity index (χ3v) is 5.59. The molecule has 0 saturated carbocycles. The van der Waals surface area contributed by atoms with Crippen LogP contribution in [0.2, 0.25) is 5.02 Å². The lowest BCUT2D eigenvalue weighted by atomic mass is 10.1. The molecule has 7 heteroatoms. The second kappa shape index (κ2) is 6.91. The fraction of sp³-hybridized carbons (Fsp3) is 0.294. The first kappa shape index (κ1) is 16.9. The van der Waals surface area contributed by atoms with Gasteiger partial charge >= 0.3 is 0 Å². The second-order valence-corrected chi connectivity index (χ2v) is 7.22. The molecule has 24 heavy (non-hydrogen) atoms. The number of hydrogen-bond donors (Lipinski definition) is 2. The number of rotatable bonds is 3. The number of amides is 2. The Bertz CT molecular complexity index is 819. The highest BCUT2D eigenvalue weighted by Gasteiger charge is 2.25. The Labute approximate surface area is 147 Å². The van der Waals surface area contributed by atoms with E-state index in [0.717, 1.165) is 48.6 Å². The fourth-order valence-corrected chi connectivity index (χ4v) is 4.48. The lowest BCUT2D eigenvalue weighted by Crippen LogP contribution is -2.18. The quantitative estimate of drug-likeness (QED) is 0.800. The molecule has 3 rings (SSSR count). The monoisotopic (exact) mass is 366 g/mol. The molecule has 126 valence electrons. The van der Waals surface area contributed by atoms with E-state index >= 15 is 0 Å². The minimum Gasteiger partial charge on any atom is -0.365 e. The molecule has 1 aliphatic rings. The molecule has 4 nitrogen and oxygen atoms in total. The van der Waals surface area contributed by atoms with Crippen molar-refractivity contribution in [1.29, 1.82) is 0 Å². The molecule has 2 aromatic rings. The van der Waals surface area contributed by atoms with E-state index in [2.05, 4.69) is 5.32 Å². The van der Waals surface area contributed by atoms with Crippen LogP contribution in [0.3, 0.4) is 0 Å². The molecule has 2 amide bonds. The van der Waals surface area contributed by atoms with E-state index in [0.29, 0.717) is 10.6 Å². The molecule has 0 radical (unpaired) electrons. The van der Waals surface area contributed by atoms with Crippen molar-refractivity contribution in [3.63, 3.8) is 0 Å². The summed E-state index contributed by atoms with van der Waals surface area (Å²) < 4.78 is 13.1. The van der Waals surface area contributed by atoms with Gasteiger partial charge in [-0.15, -0.1) is 11.3 Å². The van der Waals surface area contributed by atoms with Crippen LogP contribution >= 0.6 is 22.9 Å². The molecule has 0 unspecified atom stereocenters. The highest BCUT2D eigenvalue weighted by molar-refractivity contribution is 7.17. The molecule has 3 N–H and O–H groups in total. The normalized spacial score (nSPS) is 13.9. The van der Waals surface area contributed by atoms with Crippen molar-refractivity contribution in [3.8, 4) is 0 Å². The largest absolute Gasteiger partial charge is 0.365 e. The number of nitrogens with two attached hydrogens (primary N) is 1. The number of nitrogens with one attached hydrogen (secondary N) is 1. The maximum atomic E-state index is 13.1. The molecular weight excluding hydrogens is 351 g/mol. The second-order valence-electron chi connectivity index (χ2n) is 5.71. The van der Waals surface area contributed by atoms with E-state index in [-0.39, 0.29) is 10.6 Å². The highest BCUT2D eigenvalue weighted by Crippen LogP contribution is 2.37. The first-order valence-corrected chi connectivity index (χ1v) is 8.87. The minimum atomic E-state index is -0.546. The average Bonchev–Trinajstić information content (AvgIpc) is 2.69. The van der Waals surface area contributed by atoms with Crippen LogP contribution in [0.5, 0.6) is 0 Å². The van der Waals surface area contributed by atoms with Crippen molar-refractivity contribution in [1.82, 2.24) is 0 Å². The zero-order valence-electron chi connectivity index (χ0n) is 12.8. The lowest BCUT2D eigenvalue weighted by molar-refractivity contribution is 0.100. The van der Waals surface area contributed by atoms with Crippen molar-refractivity contribution in [2.45, 2.75) is 32.1 Å². The number of primary amides is 1. The van der Waals surface area contributed by atoms with Crippen molar-refractivity contribution < 1.29 is 14.0 Å². The molecule has 1 aromatic heterocycles. The summed E-state index contributed by atoms with van der Waals surface area (Å²) in [5, 5.41) is 3.18. The number of aryl methyl sites for hydroxylation is 1. The first-order valence-electron chi connectivity index (χ1n) is 7.68. The Morgan fingerprint density at radius 1 is 1.21 bits per heavy atom. The predicted octanol–water partition coefficient (Wildman–Crippen LogP) is 4.16. The molecule has 0 fully saturated rings. The summed E-state index contributed by atoms with van der Waals surface area (Å²) in [4.78, 5) is 25.4. The third-order valence-electron chi connectivity index (χ3n) is 4.07. The van der Waals surface area contributed by atoms with Gasteiger partial charge in [0.15, 0.2) is 0 Å². The number of anilines is 1. The summed E-state index contributed by atoms with van der Waals surface area (Å²) in [6.45, 7) is 0. The van der Waals surface area contributed by atoms with E-state index in [1.165, 1.54) is 23.5 Å². The number of hydrogen-bond acceptors (Lipinski definition) is 3. The molecule has 0 atom stereocenters. The minimum absolute atomic E-state index is 0.0197. The Kier molecular flexibility index (Phi) is 4.87. The highest BCUT2D eigenvalue weighted by atomic mass is 35.5. The Balaban J connectivity index is 1.95. The van der Waals surface area contributed by atoms with E-state index in [4.69, 9.17) is 17.3 Å². The number of carbonyl (C=O) groups excluding carboxylic acids is 2. The molecule has 1 aliphatic carbocycles. The smallest absolute Gasteiger partial charge is 0.257 e. The molecule has 0 spiro atoms. The van der Waals surface area contributed by atoms with Crippen LogP contribution in [0, 0.1) is 5.82 Å². The SMILES string of the molecule is NC(=O)c1c(NC(=O)c2ccc(F)cc2Cl)sc2c1CCCCC2. The van der Waals surface area contributed by atoms with Gasteiger partial charge in [-0.05, 0) is 49.4 Å². The van der Waals surface area contributed by atoms with Crippen LogP contribution in [0.25, 0.3) is 0 Å². The zero-order chi connectivity index (χ0) is 17.3. The van der Waals surface area contributed by atoms with Crippen LogP contribution in [-0.2, 0) is 12.8 Å². The molecule has 0 saturated heterocycles.